The van der Waals surface area contributed by atoms with Crippen molar-refractivity contribution in [3.05, 3.63) is 33.9 Å². The zero-order valence-electron chi connectivity index (χ0n) is 10.6. The minimum atomic E-state index is -0.580. The molecule has 1 N–H and O–H groups in total. The van der Waals surface area contributed by atoms with Crippen LogP contribution in [0.2, 0.25) is 10.2 Å². The van der Waals surface area contributed by atoms with Gasteiger partial charge in [-0.05, 0) is 25.5 Å². The summed E-state index contributed by atoms with van der Waals surface area (Å²) in [5.74, 6) is 0. The summed E-state index contributed by atoms with van der Waals surface area (Å²) in [6.07, 6.45) is 1.57. The van der Waals surface area contributed by atoms with Crippen molar-refractivity contribution in [3.63, 3.8) is 0 Å². The number of aliphatic hydroxyl groups excluding tert-OH is 1. The van der Waals surface area contributed by atoms with Crippen LogP contribution in [-0.2, 0) is 6.54 Å². The average Bonchev–Trinajstić information content (AvgIpc) is 2.58. The van der Waals surface area contributed by atoms with Gasteiger partial charge in [-0.3, -0.25) is 0 Å². The van der Waals surface area contributed by atoms with Crippen LogP contribution in [0.3, 0.4) is 0 Å². The summed E-state index contributed by atoms with van der Waals surface area (Å²) in [6.45, 7) is 4.72. The van der Waals surface area contributed by atoms with Gasteiger partial charge in [-0.25, -0.2) is 0 Å². The highest BCUT2D eigenvalue weighted by Gasteiger charge is 2.18. The maximum Gasteiger partial charge on any atom is 0.115 e. The Morgan fingerprint density at radius 2 is 2.06 bits per heavy atom. The second-order valence-corrected chi connectivity index (χ2v) is 5.34. The normalized spacial score (nSPS) is 13.2. The molecule has 2 aromatic rings. The van der Waals surface area contributed by atoms with E-state index in [0.29, 0.717) is 10.2 Å². The third-order valence-electron chi connectivity index (χ3n) is 3.15. The highest BCUT2D eigenvalue weighted by Crippen LogP contribution is 2.35. The molecule has 18 heavy (non-hydrogen) atoms. The predicted molar refractivity (Wildman–Crippen MR) is 77.5 cm³/mol. The zero-order valence-corrected chi connectivity index (χ0v) is 12.1. The van der Waals surface area contributed by atoms with Crippen molar-refractivity contribution in [3.8, 4) is 0 Å². The molecule has 1 aromatic heterocycles. The van der Waals surface area contributed by atoms with Gasteiger partial charge < -0.3 is 9.67 Å². The van der Waals surface area contributed by atoms with Gasteiger partial charge in [0.2, 0.25) is 0 Å². The molecule has 2 nitrogen and oxygen atoms in total. The van der Waals surface area contributed by atoms with E-state index < -0.39 is 6.10 Å². The number of benzene rings is 1. The van der Waals surface area contributed by atoms with Crippen molar-refractivity contribution in [1.29, 1.82) is 0 Å². The fourth-order valence-corrected chi connectivity index (χ4v) is 2.85. The Morgan fingerprint density at radius 3 is 2.67 bits per heavy atom. The maximum atomic E-state index is 9.88. The lowest BCUT2D eigenvalue weighted by Gasteiger charge is -2.07. The first-order chi connectivity index (χ1) is 8.56. The zero-order chi connectivity index (χ0) is 13.3. The van der Waals surface area contributed by atoms with Gasteiger partial charge in [0.1, 0.15) is 5.15 Å². The standard InChI is InChI=1S/C14H17Cl2NO/c1-3-4-7-17-12-8-10(15)5-6-11(12)13(9(2)18)14(17)16/h5-6,8-9,18H,3-4,7H2,1-2H3. The molecule has 1 atom stereocenters. The van der Waals surface area contributed by atoms with Gasteiger partial charge in [-0.1, -0.05) is 42.6 Å². The number of hydrogen-bond donors (Lipinski definition) is 1. The molecular formula is C14H17Cl2NO. The van der Waals surface area contributed by atoms with E-state index in [1.165, 1.54) is 0 Å². The van der Waals surface area contributed by atoms with Gasteiger partial charge in [0.05, 0.1) is 11.6 Å². The van der Waals surface area contributed by atoms with Gasteiger partial charge in [0, 0.05) is 22.5 Å². The molecule has 0 bridgehead atoms. The second kappa shape index (κ2) is 5.52. The Hall–Kier alpha value is -0.700. The molecule has 0 saturated heterocycles. The van der Waals surface area contributed by atoms with Crippen LogP contribution in [0.25, 0.3) is 10.9 Å². The number of halogens is 2. The summed E-state index contributed by atoms with van der Waals surface area (Å²) in [4.78, 5) is 0. The van der Waals surface area contributed by atoms with Crippen LogP contribution in [0.15, 0.2) is 18.2 Å². The summed E-state index contributed by atoms with van der Waals surface area (Å²) in [5.41, 5.74) is 1.79. The molecule has 0 radical (unpaired) electrons. The van der Waals surface area contributed by atoms with Crippen molar-refractivity contribution in [2.75, 3.05) is 0 Å². The average molecular weight is 286 g/mol. The molecule has 1 aromatic carbocycles. The number of fused-ring (bicyclic) bond motifs is 1. The monoisotopic (exact) mass is 285 g/mol. The molecule has 0 aliphatic rings. The molecule has 0 saturated carbocycles. The fourth-order valence-electron chi connectivity index (χ4n) is 2.25. The number of aromatic nitrogens is 1. The van der Waals surface area contributed by atoms with Gasteiger partial charge in [-0.15, -0.1) is 0 Å². The Morgan fingerprint density at radius 1 is 1.33 bits per heavy atom. The van der Waals surface area contributed by atoms with Gasteiger partial charge in [0.25, 0.3) is 0 Å². The van der Waals surface area contributed by atoms with Crippen LogP contribution in [0, 0.1) is 0 Å². The van der Waals surface area contributed by atoms with Crippen molar-refractivity contribution < 1.29 is 5.11 Å². The predicted octanol–water partition coefficient (Wildman–Crippen LogP) is 4.80. The fraction of sp³-hybridized carbons (Fsp3) is 0.429. The molecule has 0 aliphatic carbocycles. The summed E-state index contributed by atoms with van der Waals surface area (Å²) in [7, 11) is 0. The number of aliphatic hydroxyl groups is 1. The van der Waals surface area contributed by atoms with E-state index in [9.17, 15) is 5.11 Å². The van der Waals surface area contributed by atoms with Gasteiger partial charge in [0.15, 0.2) is 0 Å². The van der Waals surface area contributed by atoms with E-state index in [4.69, 9.17) is 23.2 Å². The SMILES string of the molecule is CCCCn1c(Cl)c(C(C)O)c2ccc(Cl)cc21. The number of unbranched alkanes of at least 4 members (excludes halogenated alkanes) is 1. The largest absolute Gasteiger partial charge is 0.389 e. The van der Waals surface area contributed by atoms with E-state index in [-0.39, 0.29) is 0 Å². The topological polar surface area (TPSA) is 25.2 Å². The number of rotatable bonds is 4. The molecule has 1 heterocycles. The molecule has 2 rings (SSSR count). The van der Waals surface area contributed by atoms with Gasteiger partial charge in [-0.2, -0.15) is 0 Å². The Kier molecular flexibility index (Phi) is 4.21. The van der Waals surface area contributed by atoms with Crippen molar-refractivity contribution in [2.45, 2.75) is 39.3 Å². The van der Waals surface area contributed by atoms with E-state index in [0.717, 1.165) is 35.9 Å². The summed E-state index contributed by atoms with van der Waals surface area (Å²) < 4.78 is 2.04. The first-order valence-electron chi connectivity index (χ1n) is 6.21. The molecular weight excluding hydrogens is 269 g/mol. The molecule has 4 heteroatoms. The summed E-state index contributed by atoms with van der Waals surface area (Å²) in [6, 6.07) is 5.66. The second-order valence-electron chi connectivity index (χ2n) is 4.55. The quantitative estimate of drug-likeness (QED) is 0.858. The van der Waals surface area contributed by atoms with Crippen LogP contribution in [0.4, 0.5) is 0 Å². The maximum absolute atomic E-state index is 9.88. The van der Waals surface area contributed by atoms with E-state index >= 15 is 0 Å². The highest BCUT2D eigenvalue weighted by atomic mass is 35.5. The lowest BCUT2D eigenvalue weighted by atomic mass is 10.1. The first-order valence-corrected chi connectivity index (χ1v) is 6.97. The van der Waals surface area contributed by atoms with Crippen molar-refractivity contribution in [1.82, 2.24) is 4.57 Å². The molecule has 1 unspecified atom stereocenters. The lowest BCUT2D eigenvalue weighted by Crippen LogP contribution is -1.98. The molecule has 0 fully saturated rings. The molecule has 0 spiro atoms. The van der Waals surface area contributed by atoms with Crippen LogP contribution >= 0.6 is 23.2 Å². The molecule has 0 amide bonds. The van der Waals surface area contributed by atoms with E-state index in [1.807, 2.05) is 22.8 Å². The highest BCUT2D eigenvalue weighted by molar-refractivity contribution is 6.33. The third-order valence-corrected chi connectivity index (χ3v) is 3.80. The van der Waals surface area contributed by atoms with Crippen molar-refractivity contribution >= 4 is 34.1 Å². The van der Waals surface area contributed by atoms with Crippen LogP contribution in [-0.4, -0.2) is 9.67 Å². The Balaban J connectivity index is 2.66. The minimum Gasteiger partial charge on any atom is -0.389 e. The number of aryl methyl sites for hydroxylation is 1. The number of nitrogens with zero attached hydrogens (tertiary/aromatic N) is 1. The molecule has 0 aliphatic heterocycles. The van der Waals surface area contributed by atoms with Crippen LogP contribution < -0.4 is 0 Å². The summed E-state index contributed by atoms with van der Waals surface area (Å²) >= 11 is 12.4. The lowest BCUT2D eigenvalue weighted by molar-refractivity contribution is 0.200. The minimum absolute atomic E-state index is 0.580. The van der Waals surface area contributed by atoms with E-state index in [1.54, 1.807) is 6.92 Å². The van der Waals surface area contributed by atoms with Crippen LogP contribution in [0.1, 0.15) is 38.4 Å². The number of hydrogen-bond acceptors (Lipinski definition) is 1. The molecule has 98 valence electrons. The Labute approximate surface area is 117 Å². The Bertz CT molecular complexity index is 560. The van der Waals surface area contributed by atoms with Gasteiger partial charge >= 0.3 is 0 Å². The van der Waals surface area contributed by atoms with Crippen molar-refractivity contribution in [2.24, 2.45) is 0 Å². The first kappa shape index (κ1) is 13.7. The third kappa shape index (κ3) is 2.37. The smallest absolute Gasteiger partial charge is 0.115 e. The van der Waals surface area contributed by atoms with E-state index in [2.05, 4.69) is 6.92 Å². The summed E-state index contributed by atoms with van der Waals surface area (Å²) in [5, 5.41) is 12.2. The van der Waals surface area contributed by atoms with Crippen LogP contribution in [0.5, 0.6) is 0 Å².